The number of carbonyl (C=O) groups excluding carboxylic acids is 1. The maximum atomic E-state index is 12.9. The van der Waals surface area contributed by atoms with Gasteiger partial charge in [0, 0.05) is 18.3 Å². The first kappa shape index (κ1) is 23.7. The zero-order chi connectivity index (χ0) is 23.3. The van der Waals surface area contributed by atoms with Gasteiger partial charge in [-0.15, -0.1) is 0 Å². The largest absolute Gasteiger partial charge is 0.493 e. The Bertz CT molecular complexity index is 1000. The van der Waals surface area contributed by atoms with Crippen molar-refractivity contribution in [1.82, 2.24) is 9.47 Å². The summed E-state index contributed by atoms with van der Waals surface area (Å²) in [5.74, 6) is 1.87. The lowest BCUT2D eigenvalue weighted by atomic mass is 9.95. The quantitative estimate of drug-likeness (QED) is 0.653. The molecule has 2 aromatic rings. The van der Waals surface area contributed by atoms with Gasteiger partial charge in [-0.1, -0.05) is 25.3 Å². The molecule has 0 saturated heterocycles. The van der Waals surface area contributed by atoms with Crippen LogP contribution in [0.15, 0.2) is 18.2 Å². The third-order valence-corrected chi connectivity index (χ3v) is 6.38. The van der Waals surface area contributed by atoms with Gasteiger partial charge in [0.2, 0.25) is 5.91 Å². The number of hydrogen-bond donors (Lipinski definition) is 1. The Balaban J connectivity index is 1.73. The van der Waals surface area contributed by atoms with Crippen LogP contribution in [-0.2, 0) is 11.3 Å². The molecular weight excluding hydrogens is 404 g/mol. The second-order valence-electron chi connectivity index (χ2n) is 8.62. The van der Waals surface area contributed by atoms with E-state index < -0.39 is 0 Å². The molecule has 1 amide bonds. The molecule has 1 aromatic heterocycles. The Morgan fingerprint density at radius 1 is 1.19 bits per heavy atom. The van der Waals surface area contributed by atoms with Crippen molar-refractivity contribution in [3.8, 4) is 17.6 Å². The highest BCUT2D eigenvalue weighted by Gasteiger charge is 2.26. The third kappa shape index (κ3) is 5.08. The van der Waals surface area contributed by atoms with Crippen molar-refractivity contribution in [2.24, 2.45) is 0 Å². The van der Waals surface area contributed by atoms with Crippen LogP contribution in [-0.4, -0.2) is 43.2 Å². The normalized spacial score (nSPS) is 14.3. The molecule has 0 unspecified atom stereocenters. The smallest absolute Gasteiger partial charge is 0.239 e. The minimum absolute atomic E-state index is 0.126. The van der Waals surface area contributed by atoms with Crippen LogP contribution in [0.1, 0.15) is 60.5 Å². The van der Waals surface area contributed by atoms with Crippen LogP contribution in [0.4, 0.5) is 5.82 Å². The minimum atomic E-state index is -0.126. The molecule has 1 fully saturated rings. The van der Waals surface area contributed by atoms with E-state index >= 15 is 0 Å². The lowest BCUT2D eigenvalue weighted by Gasteiger charge is -2.27. The first-order valence-corrected chi connectivity index (χ1v) is 11.2. The van der Waals surface area contributed by atoms with E-state index in [1.807, 2.05) is 44.0 Å². The Labute approximate surface area is 190 Å². The van der Waals surface area contributed by atoms with E-state index in [2.05, 4.69) is 16.0 Å². The molecule has 0 aliphatic heterocycles. The molecule has 1 aliphatic rings. The molecular formula is C25H34N4O3. The number of anilines is 1. The van der Waals surface area contributed by atoms with Crippen LogP contribution < -0.4 is 14.8 Å². The molecule has 7 heteroatoms. The van der Waals surface area contributed by atoms with E-state index in [-0.39, 0.29) is 12.5 Å². The maximum absolute atomic E-state index is 12.9. The monoisotopic (exact) mass is 438 g/mol. The summed E-state index contributed by atoms with van der Waals surface area (Å²) >= 11 is 0. The number of rotatable bonds is 8. The number of benzene rings is 1. The Morgan fingerprint density at radius 3 is 2.50 bits per heavy atom. The molecule has 7 nitrogen and oxygen atoms in total. The van der Waals surface area contributed by atoms with Gasteiger partial charge in [-0.2, -0.15) is 5.26 Å². The van der Waals surface area contributed by atoms with Gasteiger partial charge < -0.3 is 19.4 Å². The number of amides is 1. The van der Waals surface area contributed by atoms with Gasteiger partial charge in [-0.25, -0.2) is 0 Å². The molecule has 1 N–H and O–H groups in total. The summed E-state index contributed by atoms with van der Waals surface area (Å²) in [6.07, 6.45) is 5.79. The predicted molar refractivity (Wildman–Crippen MR) is 125 cm³/mol. The van der Waals surface area contributed by atoms with E-state index in [4.69, 9.17) is 9.47 Å². The zero-order valence-electron chi connectivity index (χ0n) is 19.8. The third-order valence-electron chi connectivity index (χ3n) is 6.38. The van der Waals surface area contributed by atoms with E-state index in [1.165, 1.54) is 19.3 Å². The number of ether oxygens (including phenoxy) is 2. The van der Waals surface area contributed by atoms with Crippen LogP contribution >= 0.6 is 0 Å². The zero-order valence-corrected chi connectivity index (χ0v) is 19.8. The highest BCUT2D eigenvalue weighted by Crippen LogP contribution is 2.36. The van der Waals surface area contributed by atoms with Gasteiger partial charge in [0.15, 0.2) is 11.5 Å². The molecule has 1 aliphatic carbocycles. The number of likely N-dealkylation sites (N-methyl/N-ethyl adjacent to an activating group) is 1. The molecule has 0 atom stereocenters. The lowest BCUT2D eigenvalue weighted by Crippen LogP contribution is -2.31. The summed E-state index contributed by atoms with van der Waals surface area (Å²) in [6, 6.07) is 8.39. The molecule has 32 heavy (non-hydrogen) atoms. The number of carbonyl (C=O) groups is 1. The topological polar surface area (TPSA) is 79.5 Å². The second-order valence-corrected chi connectivity index (χ2v) is 8.62. The molecule has 1 saturated carbocycles. The fourth-order valence-electron chi connectivity index (χ4n) is 4.65. The van der Waals surface area contributed by atoms with Crippen LogP contribution in [0, 0.1) is 25.2 Å². The fourth-order valence-corrected chi connectivity index (χ4v) is 4.65. The summed E-state index contributed by atoms with van der Waals surface area (Å²) in [6.45, 7) is 4.81. The number of nitriles is 1. The summed E-state index contributed by atoms with van der Waals surface area (Å²) < 4.78 is 12.9. The predicted octanol–water partition coefficient (Wildman–Crippen LogP) is 4.57. The van der Waals surface area contributed by atoms with Crippen LogP contribution in [0.2, 0.25) is 0 Å². The number of nitrogens with one attached hydrogen (secondary N) is 1. The van der Waals surface area contributed by atoms with Gasteiger partial charge in [-0.05, 0) is 57.0 Å². The van der Waals surface area contributed by atoms with Crippen molar-refractivity contribution in [3.63, 3.8) is 0 Å². The number of hydrogen-bond acceptors (Lipinski definition) is 5. The Hall–Kier alpha value is -2.98. The highest BCUT2D eigenvalue weighted by molar-refractivity contribution is 5.93. The molecule has 1 aromatic carbocycles. The van der Waals surface area contributed by atoms with Crippen molar-refractivity contribution in [1.29, 1.82) is 5.26 Å². The highest BCUT2D eigenvalue weighted by atomic mass is 16.5. The lowest BCUT2D eigenvalue weighted by molar-refractivity contribution is -0.117. The van der Waals surface area contributed by atoms with E-state index in [0.717, 1.165) is 29.7 Å². The summed E-state index contributed by atoms with van der Waals surface area (Å²) in [7, 11) is 5.12. The molecule has 0 bridgehead atoms. The number of aromatic nitrogens is 1. The second kappa shape index (κ2) is 10.6. The van der Waals surface area contributed by atoms with Crippen LogP contribution in [0.25, 0.3) is 0 Å². The Morgan fingerprint density at radius 2 is 1.88 bits per heavy atom. The van der Waals surface area contributed by atoms with Gasteiger partial charge in [-0.3, -0.25) is 9.69 Å². The Kier molecular flexibility index (Phi) is 7.81. The fraction of sp³-hybridized carbons (Fsp3) is 0.520. The van der Waals surface area contributed by atoms with Crippen molar-refractivity contribution < 1.29 is 14.3 Å². The SMILES string of the molecule is COc1ccc(CN(C)CC(=O)Nc2c(C#N)c(C)c(C)n2C2CCCCC2)cc1OC. The number of methoxy groups -OCH3 is 2. The van der Waals surface area contributed by atoms with Crippen molar-refractivity contribution in [2.45, 2.75) is 58.5 Å². The standard InChI is InChI=1S/C25H34N4O3/c1-17-18(2)29(20-9-7-6-8-10-20)25(21(17)14-26)27-24(30)16-28(3)15-19-11-12-22(31-4)23(13-19)32-5/h11-13,20H,6-10,15-16H2,1-5H3,(H,27,30). The molecule has 1 heterocycles. The summed E-state index contributed by atoms with van der Waals surface area (Å²) in [4.78, 5) is 14.9. The average molecular weight is 439 g/mol. The molecule has 0 radical (unpaired) electrons. The first-order chi connectivity index (χ1) is 15.4. The number of nitrogens with zero attached hydrogens (tertiary/aromatic N) is 3. The van der Waals surface area contributed by atoms with Gasteiger partial charge in [0.25, 0.3) is 0 Å². The summed E-state index contributed by atoms with van der Waals surface area (Å²) in [5, 5.41) is 12.8. The maximum Gasteiger partial charge on any atom is 0.239 e. The summed E-state index contributed by atoms with van der Waals surface area (Å²) in [5.41, 5.74) is 3.62. The van der Waals surface area contributed by atoms with Crippen molar-refractivity contribution in [2.75, 3.05) is 33.1 Å². The van der Waals surface area contributed by atoms with Crippen LogP contribution in [0.3, 0.4) is 0 Å². The first-order valence-electron chi connectivity index (χ1n) is 11.2. The van der Waals surface area contributed by atoms with Gasteiger partial charge >= 0.3 is 0 Å². The van der Waals surface area contributed by atoms with Gasteiger partial charge in [0.1, 0.15) is 11.9 Å². The molecule has 172 valence electrons. The van der Waals surface area contributed by atoms with E-state index in [9.17, 15) is 10.1 Å². The molecule has 0 spiro atoms. The van der Waals surface area contributed by atoms with Crippen molar-refractivity contribution >= 4 is 11.7 Å². The van der Waals surface area contributed by atoms with Crippen LogP contribution in [0.5, 0.6) is 11.5 Å². The van der Waals surface area contributed by atoms with Crippen molar-refractivity contribution in [3.05, 3.63) is 40.6 Å². The van der Waals surface area contributed by atoms with E-state index in [1.54, 1.807) is 14.2 Å². The van der Waals surface area contributed by atoms with E-state index in [0.29, 0.717) is 35.5 Å². The minimum Gasteiger partial charge on any atom is -0.493 e. The van der Waals surface area contributed by atoms with Gasteiger partial charge in [0.05, 0.1) is 26.3 Å². The average Bonchev–Trinajstić information content (AvgIpc) is 3.02. The molecule has 3 rings (SSSR count).